The first kappa shape index (κ1) is 17.5. The molecule has 0 aliphatic carbocycles. The van der Waals surface area contributed by atoms with Gasteiger partial charge >= 0.3 is 6.16 Å². The van der Waals surface area contributed by atoms with Gasteiger partial charge in [-0.05, 0) is 39.7 Å². The molecule has 0 saturated carbocycles. The molecule has 6 heteroatoms. The molecule has 0 amide bonds. The number of rotatable bonds is 4. The maximum absolute atomic E-state index is 12.1. The van der Waals surface area contributed by atoms with Gasteiger partial charge < -0.3 is 9.47 Å². The van der Waals surface area contributed by atoms with Crippen LogP contribution in [-0.2, 0) is 11.3 Å². The number of nitro benzene ring substituents is 1. The van der Waals surface area contributed by atoms with Crippen LogP contribution in [0.2, 0.25) is 0 Å². The number of hydrogen-bond acceptors (Lipinski definition) is 5. The lowest BCUT2D eigenvalue weighted by atomic mass is 9.97. The zero-order chi connectivity index (χ0) is 19.5. The van der Waals surface area contributed by atoms with Gasteiger partial charge in [0.1, 0.15) is 12.4 Å². The Labute approximate surface area is 160 Å². The minimum absolute atomic E-state index is 0.0493. The highest BCUT2D eigenvalue weighted by atomic mass is 16.7. The maximum atomic E-state index is 12.1. The van der Waals surface area contributed by atoms with Crippen molar-refractivity contribution in [2.75, 3.05) is 0 Å². The van der Waals surface area contributed by atoms with E-state index in [0.717, 1.165) is 27.1 Å². The fourth-order valence-electron chi connectivity index (χ4n) is 3.16. The molecule has 0 N–H and O–H groups in total. The van der Waals surface area contributed by atoms with Crippen LogP contribution in [0, 0.1) is 10.1 Å². The Balaban J connectivity index is 1.56. The lowest BCUT2D eigenvalue weighted by Gasteiger charge is -2.12. The van der Waals surface area contributed by atoms with Crippen molar-refractivity contribution in [3.05, 3.63) is 94.5 Å². The molecule has 0 spiro atoms. The number of nitro groups is 1. The van der Waals surface area contributed by atoms with E-state index in [1.807, 2.05) is 48.5 Å². The Bertz CT molecular complexity index is 1130. The third-order valence-electron chi connectivity index (χ3n) is 4.47. The molecule has 0 atom stereocenters. The van der Waals surface area contributed by atoms with Crippen molar-refractivity contribution in [1.29, 1.82) is 0 Å². The fourth-order valence-corrected chi connectivity index (χ4v) is 3.16. The van der Waals surface area contributed by atoms with Crippen molar-refractivity contribution < 1.29 is 19.2 Å². The van der Waals surface area contributed by atoms with Crippen LogP contribution >= 0.6 is 0 Å². The van der Waals surface area contributed by atoms with Crippen LogP contribution in [0.4, 0.5) is 10.5 Å². The summed E-state index contributed by atoms with van der Waals surface area (Å²) in [6, 6.07) is 23.1. The summed E-state index contributed by atoms with van der Waals surface area (Å²) in [6.45, 7) is 0.0493. The van der Waals surface area contributed by atoms with Gasteiger partial charge in [0.05, 0.1) is 4.92 Å². The van der Waals surface area contributed by atoms with Crippen LogP contribution in [0.3, 0.4) is 0 Å². The molecule has 0 bridgehead atoms. The zero-order valence-corrected chi connectivity index (χ0v) is 14.7. The van der Waals surface area contributed by atoms with Crippen molar-refractivity contribution >= 4 is 33.4 Å². The molecule has 138 valence electrons. The van der Waals surface area contributed by atoms with Crippen LogP contribution in [-0.4, -0.2) is 11.1 Å². The van der Waals surface area contributed by atoms with E-state index in [4.69, 9.17) is 9.47 Å². The Morgan fingerprint density at radius 2 is 1.43 bits per heavy atom. The molecule has 4 aromatic carbocycles. The summed E-state index contributed by atoms with van der Waals surface area (Å²) >= 11 is 0. The molecule has 0 radical (unpaired) electrons. The monoisotopic (exact) mass is 373 g/mol. The number of carbonyl (C=O) groups excluding carboxylic acids is 1. The summed E-state index contributed by atoms with van der Waals surface area (Å²) in [5, 5.41) is 14.8. The molecule has 0 saturated heterocycles. The molecule has 0 fully saturated rings. The standard InChI is InChI=1S/C22H15NO5/c24-22(28-18-11-9-17(10-12-18)23(25)26)27-14-21-19-7-3-1-5-15(19)13-16-6-2-4-8-20(16)21/h1-13H,14H2. The lowest BCUT2D eigenvalue weighted by molar-refractivity contribution is -0.384. The van der Waals surface area contributed by atoms with E-state index in [2.05, 4.69) is 6.07 Å². The van der Waals surface area contributed by atoms with Crippen molar-refractivity contribution in [1.82, 2.24) is 0 Å². The second-order valence-corrected chi connectivity index (χ2v) is 6.19. The summed E-state index contributed by atoms with van der Waals surface area (Å²) < 4.78 is 10.4. The van der Waals surface area contributed by atoms with Gasteiger partial charge in [0.25, 0.3) is 5.69 Å². The minimum Gasteiger partial charge on any atom is -0.429 e. The molecular weight excluding hydrogens is 358 g/mol. The number of non-ortho nitro benzene ring substituents is 1. The fraction of sp³-hybridized carbons (Fsp3) is 0.0455. The van der Waals surface area contributed by atoms with Crippen LogP contribution in [0.5, 0.6) is 5.75 Å². The second kappa shape index (κ2) is 7.36. The van der Waals surface area contributed by atoms with Gasteiger partial charge in [-0.25, -0.2) is 4.79 Å². The highest BCUT2D eigenvalue weighted by Gasteiger charge is 2.12. The average Bonchev–Trinajstić information content (AvgIpc) is 2.71. The topological polar surface area (TPSA) is 78.7 Å². The number of hydrogen-bond donors (Lipinski definition) is 0. The second-order valence-electron chi connectivity index (χ2n) is 6.19. The Hall–Kier alpha value is -3.93. The Morgan fingerprint density at radius 3 is 2.00 bits per heavy atom. The molecule has 0 heterocycles. The molecule has 0 aliphatic heterocycles. The summed E-state index contributed by atoms with van der Waals surface area (Å²) in [4.78, 5) is 22.3. The van der Waals surface area contributed by atoms with Crippen molar-refractivity contribution in [2.24, 2.45) is 0 Å². The lowest BCUT2D eigenvalue weighted by Crippen LogP contribution is -2.11. The number of fused-ring (bicyclic) bond motifs is 2. The minimum atomic E-state index is -0.870. The van der Waals surface area contributed by atoms with Gasteiger partial charge in [0.15, 0.2) is 0 Å². The van der Waals surface area contributed by atoms with Crippen molar-refractivity contribution in [2.45, 2.75) is 6.61 Å². The molecule has 6 nitrogen and oxygen atoms in total. The highest BCUT2D eigenvalue weighted by molar-refractivity contribution is 6.02. The van der Waals surface area contributed by atoms with E-state index >= 15 is 0 Å². The van der Waals surface area contributed by atoms with Crippen LogP contribution in [0.15, 0.2) is 78.9 Å². The average molecular weight is 373 g/mol. The predicted molar refractivity (Wildman–Crippen MR) is 105 cm³/mol. The number of nitrogens with zero attached hydrogens (tertiary/aromatic N) is 1. The predicted octanol–water partition coefficient (Wildman–Crippen LogP) is 5.62. The van der Waals surface area contributed by atoms with Crippen molar-refractivity contribution in [3.8, 4) is 5.75 Å². The first-order valence-corrected chi connectivity index (χ1v) is 8.60. The molecule has 0 aliphatic rings. The highest BCUT2D eigenvalue weighted by Crippen LogP contribution is 2.29. The van der Waals surface area contributed by atoms with E-state index in [1.54, 1.807) is 0 Å². The van der Waals surface area contributed by atoms with E-state index < -0.39 is 11.1 Å². The van der Waals surface area contributed by atoms with E-state index in [1.165, 1.54) is 24.3 Å². The molecule has 28 heavy (non-hydrogen) atoms. The molecule has 0 aromatic heterocycles. The van der Waals surface area contributed by atoms with Crippen molar-refractivity contribution in [3.63, 3.8) is 0 Å². The van der Waals surface area contributed by atoms with E-state index in [-0.39, 0.29) is 18.0 Å². The van der Waals surface area contributed by atoms with Gasteiger partial charge in [-0.2, -0.15) is 0 Å². The van der Waals surface area contributed by atoms with E-state index in [0.29, 0.717) is 0 Å². The molecule has 4 aromatic rings. The first-order valence-electron chi connectivity index (χ1n) is 8.60. The summed E-state index contributed by atoms with van der Waals surface area (Å²) in [7, 11) is 0. The number of benzene rings is 4. The smallest absolute Gasteiger partial charge is 0.429 e. The molecule has 4 rings (SSSR count). The van der Waals surface area contributed by atoms with Crippen LogP contribution in [0.1, 0.15) is 5.56 Å². The summed E-state index contributed by atoms with van der Waals surface area (Å²) in [5.41, 5.74) is 0.817. The van der Waals surface area contributed by atoms with Gasteiger partial charge in [-0.3, -0.25) is 10.1 Å². The third-order valence-corrected chi connectivity index (χ3v) is 4.47. The number of ether oxygens (including phenoxy) is 2. The third kappa shape index (κ3) is 3.48. The van der Waals surface area contributed by atoms with Crippen LogP contribution < -0.4 is 4.74 Å². The Kier molecular flexibility index (Phi) is 4.60. The van der Waals surface area contributed by atoms with Gasteiger partial charge in [0.2, 0.25) is 0 Å². The molecule has 0 unspecified atom stereocenters. The van der Waals surface area contributed by atoms with E-state index in [9.17, 15) is 14.9 Å². The summed E-state index contributed by atoms with van der Waals surface area (Å²) in [5.74, 6) is 0.179. The SMILES string of the molecule is O=C(OCc1c2ccccc2cc2ccccc12)Oc1ccc([N+](=O)[O-])cc1. The quantitative estimate of drug-likeness (QED) is 0.153. The first-order chi connectivity index (χ1) is 13.6. The normalized spacial score (nSPS) is 10.7. The number of carbonyl (C=O) groups is 1. The molecular formula is C22H15NO5. The zero-order valence-electron chi connectivity index (χ0n) is 14.7. The Morgan fingerprint density at radius 1 is 0.857 bits per heavy atom. The van der Waals surface area contributed by atoms with Gasteiger partial charge in [0, 0.05) is 17.7 Å². The largest absolute Gasteiger partial charge is 0.514 e. The van der Waals surface area contributed by atoms with Gasteiger partial charge in [-0.1, -0.05) is 48.5 Å². The van der Waals surface area contributed by atoms with Gasteiger partial charge in [-0.15, -0.1) is 0 Å². The summed E-state index contributed by atoms with van der Waals surface area (Å²) in [6.07, 6.45) is -0.870. The van der Waals surface area contributed by atoms with Crippen LogP contribution in [0.25, 0.3) is 21.5 Å². The maximum Gasteiger partial charge on any atom is 0.514 e.